The molecule has 0 spiro atoms. The van der Waals surface area contributed by atoms with Crippen molar-refractivity contribution in [1.82, 2.24) is 9.78 Å². The maximum atomic E-state index is 6.19. The van der Waals surface area contributed by atoms with Gasteiger partial charge in [0.25, 0.3) is 0 Å². The molecule has 3 heteroatoms. The molecule has 0 amide bonds. The highest BCUT2D eigenvalue weighted by Crippen LogP contribution is 2.29. The average Bonchev–Trinajstić information content (AvgIpc) is 3.15. The molecule has 1 aliphatic rings. The molecular formula is C26H28N2O. The SMILES string of the molecule is c1ccc2cc(COc3nn(CCC4CCCCC4)c4ccccc34)ccc2c1. The molecule has 29 heavy (non-hydrogen) atoms. The van der Waals surface area contributed by atoms with Crippen LogP contribution in [0.15, 0.2) is 66.7 Å². The fraction of sp³-hybridized carbons (Fsp3) is 0.346. The zero-order valence-corrected chi connectivity index (χ0v) is 16.9. The standard InChI is InChI=1S/C26H28N2O/c1-2-8-20(9-3-1)16-17-28-25-13-7-6-12-24(25)26(27-28)29-19-21-14-15-22-10-4-5-11-23(22)18-21/h4-7,10-15,18,20H,1-3,8-9,16-17,19H2. The molecule has 0 radical (unpaired) electrons. The summed E-state index contributed by atoms with van der Waals surface area (Å²) in [5, 5.41) is 8.46. The van der Waals surface area contributed by atoms with Crippen LogP contribution in [0.1, 0.15) is 44.1 Å². The van der Waals surface area contributed by atoms with Gasteiger partial charge in [-0.25, -0.2) is 0 Å². The summed E-state index contributed by atoms with van der Waals surface area (Å²) in [5.41, 5.74) is 2.35. The Morgan fingerprint density at radius 3 is 2.55 bits per heavy atom. The number of benzene rings is 3. The molecule has 0 atom stereocenters. The van der Waals surface area contributed by atoms with Gasteiger partial charge in [-0.15, -0.1) is 5.10 Å². The molecule has 0 N–H and O–H groups in total. The van der Waals surface area contributed by atoms with Gasteiger partial charge in [-0.2, -0.15) is 0 Å². The number of hydrogen-bond acceptors (Lipinski definition) is 2. The number of fused-ring (bicyclic) bond motifs is 2. The molecule has 1 fully saturated rings. The fourth-order valence-corrected chi connectivity index (χ4v) is 4.63. The van der Waals surface area contributed by atoms with Crippen molar-refractivity contribution in [2.45, 2.75) is 51.7 Å². The lowest BCUT2D eigenvalue weighted by atomic mass is 9.87. The van der Waals surface area contributed by atoms with E-state index in [1.807, 2.05) is 0 Å². The van der Waals surface area contributed by atoms with Gasteiger partial charge < -0.3 is 4.74 Å². The van der Waals surface area contributed by atoms with E-state index in [4.69, 9.17) is 9.84 Å². The molecule has 148 valence electrons. The van der Waals surface area contributed by atoms with Crippen LogP contribution in [0.4, 0.5) is 0 Å². The summed E-state index contributed by atoms with van der Waals surface area (Å²) in [6, 6.07) is 23.4. The monoisotopic (exact) mass is 384 g/mol. The summed E-state index contributed by atoms with van der Waals surface area (Å²) >= 11 is 0. The molecule has 4 aromatic rings. The van der Waals surface area contributed by atoms with Crippen molar-refractivity contribution in [2.24, 2.45) is 5.92 Å². The van der Waals surface area contributed by atoms with E-state index in [0.29, 0.717) is 6.61 Å². The fourth-order valence-electron chi connectivity index (χ4n) is 4.63. The van der Waals surface area contributed by atoms with Gasteiger partial charge in [-0.1, -0.05) is 80.6 Å². The Labute approximate surface area is 172 Å². The zero-order valence-electron chi connectivity index (χ0n) is 16.9. The van der Waals surface area contributed by atoms with Gasteiger partial charge in [0.15, 0.2) is 0 Å². The van der Waals surface area contributed by atoms with E-state index >= 15 is 0 Å². The first kappa shape index (κ1) is 18.2. The number of rotatable bonds is 6. The van der Waals surface area contributed by atoms with Gasteiger partial charge in [0, 0.05) is 6.54 Å². The molecule has 1 aromatic heterocycles. The van der Waals surface area contributed by atoms with Gasteiger partial charge in [-0.05, 0) is 46.9 Å². The largest absolute Gasteiger partial charge is 0.471 e. The minimum atomic E-state index is 0.536. The van der Waals surface area contributed by atoms with Crippen molar-refractivity contribution in [3.63, 3.8) is 0 Å². The number of aromatic nitrogens is 2. The lowest BCUT2D eigenvalue weighted by Gasteiger charge is -2.21. The molecular weight excluding hydrogens is 356 g/mol. The van der Waals surface area contributed by atoms with Crippen LogP contribution in [0.5, 0.6) is 5.88 Å². The highest BCUT2D eigenvalue weighted by Gasteiger charge is 2.16. The van der Waals surface area contributed by atoms with Crippen molar-refractivity contribution in [2.75, 3.05) is 0 Å². The number of nitrogens with zero attached hydrogens (tertiary/aromatic N) is 2. The van der Waals surface area contributed by atoms with Gasteiger partial charge in [0.2, 0.25) is 5.88 Å². The van der Waals surface area contributed by atoms with E-state index in [0.717, 1.165) is 23.7 Å². The molecule has 0 aliphatic heterocycles. The lowest BCUT2D eigenvalue weighted by Crippen LogP contribution is -2.11. The van der Waals surface area contributed by atoms with Crippen molar-refractivity contribution in [3.05, 3.63) is 72.3 Å². The average molecular weight is 385 g/mol. The third kappa shape index (κ3) is 4.00. The number of ether oxygens (including phenoxy) is 1. The summed E-state index contributed by atoms with van der Waals surface area (Å²) < 4.78 is 8.35. The Balaban J connectivity index is 1.33. The van der Waals surface area contributed by atoms with Gasteiger partial charge in [0.1, 0.15) is 6.61 Å². The van der Waals surface area contributed by atoms with Crippen LogP contribution in [0, 0.1) is 5.92 Å². The Kier molecular flexibility index (Phi) is 5.21. The molecule has 3 aromatic carbocycles. The van der Waals surface area contributed by atoms with Gasteiger partial charge in [0.05, 0.1) is 10.9 Å². The maximum Gasteiger partial charge on any atom is 0.241 e. The van der Waals surface area contributed by atoms with Crippen molar-refractivity contribution < 1.29 is 4.74 Å². The van der Waals surface area contributed by atoms with Gasteiger partial charge in [-0.3, -0.25) is 4.68 Å². The summed E-state index contributed by atoms with van der Waals surface area (Å²) in [7, 11) is 0. The topological polar surface area (TPSA) is 27.1 Å². The van der Waals surface area contributed by atoms with Crippen LogP contribution in [0.25, 0.3) is 21.7 Å². The second-order valence-corrected chi connectivity index (χ2v) is 8.31. The second-order valence-electron chi connectivity index (χ2n) is 8.31. The molecule has 1 aliphatic carbocycles. The third-order valence-corrected chi connectivity index (χ3v) is 6.29. The highest BCUT2D eigenvalue weighted by atomic mass is 16.5. The minimum Gasteiger partial charge on any atom is -0.471 e. The Morgan fingerprint density at radius 2 is 1.66 bits per heavy atom. The van der Waals surface area contributed by atoms with Crippen LogP contribution in [-0.4, -0.2) is 9.78 Å². The first-order valence-corrected chi connectivity index (χ1v) is 10.9. The van der Waals surface area contributed by atoms with Crippen molar-refractivity contribution in [3.8, 4) is 5.88 Å². The Bertz CT molecular complexity index is 1110. The third-order valence-electron chi connectivity index (χ3n) is 6.29. The smallest absolute Gasteiger partial charge is 0.241 e. The summed E-state index contributed by atoms with van der Waals surface area (Å²) in [5.74, 6) is 1.60. The van der Waals surface area contributed by atoms with Gasteiger partial charge >= 0.3 is 0 Å². The van der Waals surface area contributed by atoms with Crippen LogP contribution < -0.4 is 4.74 Å². The van der Waals surface area contributed by atoms with E-state index in [9.17, 15) is 0 Å². The molecule has 0 unspecified atom stereocenters. The first-order valence-electron chi connectivity index (χ1n) is 10.9. The second kappa shape index (κ2) is 8.28. The Hall–Kier alpha value is -2.81. The summed E-state index contributed by atoms with van der Waals surface area (Å²) in [6.45, 7) is 1.51. The molecule has 1 heterocycles. The minimum absolute atomic E-state index is 0.536. The van der Waals surface area contributed by atoms with Crippen LogP contribution in [0.3, 0.4) is 0 Å². The van der Waals surface area contributed by atoms with Crippen LogP contribution >= 0.6 is 0 Å². The predicted octanol–water partition coefficient (Wildman–Crippen LogP) is 6.74. The molecule has 0 saturated heterocycles. The number of hydrogen-bond donors (Lipinski definition) is 0. The van der Waals surface area contributed by atoms with Crippen molar-refractivity contribution in [1.29, 1.82) is 0 Å². The summed E-state index contributed by atoms with van der Waals surface area (Å²) in [6.07, 6.45) is 8.17. The molecule has 5 rings (SSSR count). The van der Waals surface area contributed by atoms with E-state index < -0.39 is 0 Å². The lowest BCUT2D eigenvalue weighted by molar-refractivity contribution is 0.287. The molecule has 0 bridgehead atoms. The quantitative estimate of drug-likeness (QED) is 0.368. The molecule has 1 saturated carbocycles. The predicted molar refractivity (Wildman–Crippen MR) is 119 cm³/mol. The van der Waals surface area contributed by atoms with Crippen molar-refractivity contribution >= 4 is 21.7 Å². The zero-order chi connectivity index (χ0) is 19.5. The molecule has 3 nitrogen and oxygen atoms in total. The van der Waals surface area contributed by atoms with E-state index in [1.54, 1.807) is 0 Å². The highest BCUT2D eigenvalue weighted by molar-refractivity contribution is 5.85. The first-order chi connectivity index (χ1) is 14.4. The van der Waals surface area contributed by atoms with E-state index in [1.165, 1.54) is 60.4 Å². The van der Waals surface area contributed by atoms with Crippen LogP contribution in [0.2, 0.25) is 0 Å². The Morgan fingerprint density at radius 1 is 0.862 bits per heavy atom. The summed E-state index contributed by atoms with van der Waals surface area (Å²) in [4.78, 5) is 0. The van der Waals surface area contributed by atoms with E-state index in [2.05, 4.69) is 71.4 Å². The number of para-hydroxylation sites is 1. The van der Waals surface area contributed by atoms with E-state index in [-0.39, 0.29) is 0 Å². The maximum absolute atomic E-state index is 6.19. The van der Waals surface area contributed by atoms with Crippen LogP contribution in [-0.2, 0) is 13.2 Å². The number of aryl methyl sites for hydroxylation is 1. The normalized spacial score (nSPS) is 15.2.